The van der Waals surface area contributed by atoms with Crippen LogP contribution in [0.1, 0.15) is 47.2 Å². The molecule has 1 aliphatic carbocycles. The van der Waals surface area contributed by atoms with E-state index in [1.54, 1.807) is 0 Å². The van der Waals surface area contributed by atoms with E-state index in [1.165, 1.54) is 11.1 Å². The van der Waals surface area contributed by atoms with Crippen molar-refractivity contribution in [2.45, 2.75) is 50.7 Å². The average Bonchev–Trinajstić information content (AvgIpc) is 3.08. The Hall–Kier alpha value is -2.43. The van der Waals surface area contributed by atoms with Crippen molar-refractivity contribution >= 4 is 11.6 Å². The first-order valence-corrected chi connectivity index (χ1v) is 9.11. The Labute approximate surface area is 152 Å². The van der Waals surface area contributed by atoms with Crippen molar-refractivity contribution < 1.29 is 13.6 Å². The lowest BCUT2D eigenvalue weighted by Gasteiger charge is -2.28. The molecule has 0 atom stereocenters. The Kier molecular flexibility index (Phi) is 4.39. The van der Waals surface area contributed by atoms with Gasteiger partial charge < -0.3 is 10.2 Å². The van der Waals surface area contributed by atoms with Crippen LogP contribution in [-0.2, 0) is 13.1 Å². The first-order valence-electron chi connectivity index (χ1n) is 9.11. The van der Waals surface area contributed by atoms with Gasteiger partial charge in [-0.25, -0.2) is 8.78 Å². The Morgan fingerprint density at radius 1 is 0.962 bits per heavy atom. The molecular formula is C21H22F2N2O. The molecule has 0 spiro atoms. The van der Waals surface area contributed by atoms with Gasteiger partial charge in [0.2, 0.25) is 5.92 Å². The third-order valence-electron chi connectivity index (χ3n) is 5.39. The molecule has 1 heterocycles. The fourth-order valence-electron chi connectivity index (χ4n) is 3.79. The zero-order valence-electron chi connectivity index (χ0n) is 14.6. The highest BCUT2D eigenvalue weighted by Gasteiger charge is 2.35. The van der Waals surface area contributed by atoms with Gasteiger partial charge in [0.1, 0.15) is 0 Å². The summed E-state index contributed by atoms with van der Waals surface area (Å²) in [6.07, 6.45) is 0.379. The van der Waals surface area contributed by atoms with Gasteiger partial charge in [-0.2, -0.15) is 0 Å². The molecule has 2 aromatic rings. The predicted molar refractivity (Wildman–Crippen MR) is 97.4 cm³/mol. The van der Waals surface area contributed by atoms with Crippen LogP contribution in [-0.4, -0.2) is 17.9 Å². The van der Waals surface area contributed by atoms with Crippen LogP contribution in [0.25, 0.3) is 0 Å². The van der Waals surface area contributed by atoms with Crippen LogP contribution in [0.4, 0.5) is 14.5 Å². The SMILES string of the molecule is O=C(NC1CCC(F)(F)CC1)c1ccc(N2Cc3ccccc3C2)cc1. The molecule has 2 aromatic carbocycles. The molecule has 0 bridgehead atoms. The van der Waals surface area contributed by atoms with E-state index >= 15 is 0 Å². The smallest absolute Gasteiger partial charge is 0.251 e. The lowest BCUT2D eigenvalue weighted by Crippen LogP contribution is -2.40. The normalized spacial score (nSPS) is 19.2. The van der Waals surface area contributed by atoms with Gasteiger partial charge in [-0.1, -0.05) is 24.3 Å². The van der Waals surface area contributed by atoms with Crippen molar-refractivity contribution in [3.63, 3.8) is 0 Å². The van der Waals surface area contributed by atoms with Gasteiger partial charge in [0.25, 0.3) is 5.91 Å². The van der Waals surface area contributed by atoms with Crippen molar-refractivity contribution in [2.75, 3.05) is 4.90 Å². The van der Waals surface area contributed by atoms with Gasteiger partial charge in [0.15, 0.2) is 0 Å². The molecule has 3 nitrogen and oxygen atoms in total. The van der Waals surface area contributed by atoms with Crippen LogP contribution in [0, 0.1) is 0 Å². The van der Waals surface area contributed by atoms with Gasteiger partial charge in [-0.15, -0.1) is 0 Å². The molecule has 26 heavy (non-hydrogen) atoms. The van der Waals surface area contributed by atoms with E-state index in [4.69, 9.17) is 0 Å². The summed E-state index contributed by atoms with van der Waals surface area (Å²) >= 11 is 0. The minimum absolute atomic E-state index is 0.146. The topological polar surface area (TPSA) is 32.3 Å². The van der Waals surface area contributed by atoms with Gasteiger partial charge >= 0.3 is 0 Å². The van der Waals surface area contributed by atoms with Crippen molar-refractivity contribution in [1.82, 2.24) is 5.32 Å². The molecule has 0 unspecified atom stereocenters. The quantitative estimate of drug-likeness (QED) is 0.877. The molecule has 1 saturated carbocycles. The van der Waals surface area contributed by atoms with Gasteiger partial charge in [-0.05, 0) is 48.2 Å². The number of halogens is 2. The van der Waals surface area contributed by atoms with Crippen molar-refractivity contribution in [2.24, 2.45) is 0 Å². The molecule has 1 fully saturated rings. The predicted octanol–water partition coefficient (Wildman–Crippen LogP) is 4.51. The van der Waals surface area contributed by atoms with Gasteiger partial charge in [0, 0.05) is 43.2 Å². The summed E-state index contributed by atoms with van der Waals surface area (Å²) in [5, 5.41) is 2.89. The second-order valence-corrected chi connectivity index (χ2v) is 7.28. The summed E-state index contributed by atoms with van der Waals surface area (Å²) < 4.78 is 26.4. The minimum Gasteiger partial charge on any atom is -0.363 e. The highest BCUT2D eigenvalue weighted by molar-refractivity contribution is 5.94. The maximum atomic E-state index is 13.2. The number of anilines is 1. The summed E-state index contributed by atoms with van der Waals surface area (Å²) in [5.74, 6) is -2.76. The van der Waals surface area contributed by atoms with E-state index in [2.05, 4.69) is 34.5 Å². The maximum Gasteiger partial charge on any atom is 0.251 e. The van der Waals surface area contributed by atoms with Crippen molar-refractivity contribution in [1.29, 1.82) is 0 Å². The molecule has 2 aliphatic rings. The average molecular weight is 356 g/mol. The molecular weight excluding hydrogens is 334 g/mol. The van der Waals surface area contributed by atoms with Crippen LogP contribution in [0.15, 0.2) is 48.5 Å². The maximum absolute atomic E-state index is 13.2. The lowest BCUT2D eigenvalue weighted by molar-refractivity contribution is -0.0399. The molecule has 5 heteroatoms. The molecule has 136 valence electrons. The summed E-state index contributed by atoms with van der Waals surface area (Å²) in [7, 11) is 0. The van der Waals surface area contributed by atoms with E-state index in [1.807, 2.05) is 24.3 Å². The Morgan fingerprint density at radius 2 is 1.54 bits per heavy atom. The van der Waals surface area contributed by atoms with Crippen molar-refractivity contribution in [3.05, 3.63) is 65.2 Å². The Bertz CT molecular complexity index is 769. The number of fused-ring (bicyclic) bond motifs is 1. The molecule has 1 N–H and O–H groups in total. The van der Waals surface area contributed by atoms with E-state index in [9.17, 15) is 13.6 Å². The van der Waals surface area contributed by atoms with Gasteiger partial charge in [0.05, 0.1) is 0 Å². The molecule has 1 amide bonds. The largest absolute Gasteiger partial charge is 0.363 e. The summed E-state index contributed by atoms with van der Waals surface area (Å²) in [6.45, 7) is 1.75. The number of hydrogen-bond donors (Lipinski definition) is 1. The van der Waals surface area contributed by atoms with Crippen LogP contribution in [0.3, 0.4) is 0 Å². The Morgan fingerprint density at radius 3 is 2.12 bits per heavy atom. The van der Waals surface area contributed by atoms with Crippen LogP contribution >= 0.6 is 0 Å². The molecule has 4 rings (SSSR count). The number of amides is 1. The van der Waals surface area contributed by atoms with Gasteiger partial charge in [-0.3, -0.25) is 4.79 Å². The van der Waals surface area contributed by atoms with Crippen molar-refractivity contribution in [3.8, 4) is 0 Å². The fraction of sp³-hybridized carbons (Fsp3) is 0.381. The van der Waals surface area contributed by atoms with E-state index in [0.717, 1.165) is 18.8 Å². The third-order valence-corrected chi connectivity index (χ3v) is 5.39. The first-order chi connectivity index (χ1) is 12.5. The number of benzene rings is 2. The fourth-order valence-corrected chi connectivity index (χ4v) is 3.79. The highest BCUT2D eigenvalue weighted by atomic mass is 19.3. The standard InChI is InChI=1S/C21H22F2N2O/c22-21(23)11-9-18(10-12-21)24-20(26)15-5-7-19(8-6-15)25-13-16-3-1-2-4-17(16)14-25/h1-8,18H,9-14H2,(H,24,26). The molecule has 1 aliphatic heterocycles. The highest BCUT2D eigenvalue weighted by Crippen LogP contribution is 2.33. The number of hydrogen-bond acceptors (Lipinski definition) is 2. The van der Waals surface area contributed by atoms with Crippen LogP contribution in [0.2, 0.25) is 0 Å². The minimum atomic E-state index is -2.57. The molecule has 0 saturated heterocycles. The van der Waals surface area contributed by atoms with Crippen LogP contribution < -0.4 is 10.2 Å². The monoisotopic (exact) mass is 356 g/mol. The zero-order valence-corrected chi connectivity index (χ0v) is 14.6. The number of nitrogens with one attached hydrogen (secondary N) is 1. The summed E-state index contributed by atoms with van der Waals surface area (Å²) in [6, 6.07) is 15.8. The first kappa shape index (κ1) is 17.0. The number of nitrogens with zero attached hydrogens (tertiary/aromatic N) is 1. The Balaban J connectivity index is 1.37. The number of carbonyl (C=O) groups excluding carboxylic acids is 1. The number of alkyl halides is 2. The third kappa shape index (κ3) is 3.57. The second-order valence-electron chi connectivity index (χ2n) is 7.28. The van der Waals surface area contributed by atoms with Crippen LogP contribution in [0.5, 0.6) is 0 Å². The number of rotatable bonds is 3. The molecule has 0 radical (unpaired) electrons. The number of carbonyl (C=O) groups is 1. The molecule has 0 aromatic heterocycles. The summed E-state index contributed by atoms with van der Waals surface area (Å²) in [4.78, 5) is 14.6. The lowest BCUT2D eigenvalue weighted by atomic mass is 9.92. The van der Waals surface area contributed by atoms with E-state index in [0.29, 0.717) is 18.4 Å². The zero-order chi connectivity index (χ0) is 18.1. The second kappa shape index (κ2) is 6.71. The van der Waals surface area contributed by atoms with E-state index in [-0.39, 0.29) is 24.8 Å². The van der Waals surface area contributed by atoms with E-state index < -0.39 is 5.92 Å². The summed E-state index contributed by atoms with van der Waals surface area (Å²) in [5.41, 5.74) is 4.32.